The SMILES string of the molecule is O=C(O)CC/C=C\CCCCO. The van der Waals surface area contributed by atoms with Crippen molar-refractivity contribution < 1.29 is 15.0 Å². The normalized spacial score (nSPS) is 10.8. The topological polar surface area (TPSA) is 57.5 Å². The van der Waals surface area contributed by atoms with Crippen LogP contribution in [0.2, 0.25) is 0 Å². The molecule has 3 heteroatoms. The van der Waals surface area contributed by atoms with Gasteiger partial charge in [-0.2, -0.15) is 0 Å². The first-order valence-electron chi connectivity index (χ1n) is 4.25. The lowest BCUT2D eigenvalue weighted by Crippen LogP contribution is -1.91. The van der Waals surface area contributed by atoms with Crippen LogP contribution in [0.4, 0.5) is 0 Å². The van der Waals surface area contributed by atoms with Gasteiger partial charge in [-0.3, -0.25) is 4.79 Å². The molecule has 0 atom stereocenters. The second kappa shape index (κ2) is 8.27. The summed E-state index contributed by atoms with van der Waals surface area (Å²) in [4.78, 5) is 10.1. The van der Waals surface area contributed by atoms with Crippen molar-refractivity contribution in [1.29, 1.82) is 0 Å². The van der Waals surface area contributed by atoms with Gasteiger partial charge in [-0.1, -0.05) is 12.2 Å². The van der Waals surface area contributed by atoms with Crippen LogP contribution in [0, 0.1) is 0 Å². The number of rotatable bonds is 7. The Morgan fingerprint density at radius 1 is 1.17 bits per heavy atom. The first-order chi connectivity index (χ1) is 5.77. The predicted molar refractivity (Wildman–Crippen MR) is 46.9 cm³/mol. The molecule has 0 fully saturated rings. The zero-order valence-electron chi connectivity index (χ0n) is 7.20. The van der Waals surface area contributed by atoms with Gasteiger partial charge in [0.05, 0.1) is 0 Å². The summed E-state index contributed by atoms with van der Waals surface area (Å²) in [7, 11) is 0. The van der Waals surface area contributed by atoms with E-state index in [1.807, 2.05) is 12.2 Å². The van der Waals surface area contributed by atoms with E-state index in [0.29, 0.717) is 6.42 Å². The Balaban J connectivity index is 3.09. The summed E-state index contributed by atoms with van der Waals surface area (Å²) in [6.45, 7) is 0.239. The van der Waals surface area contributed by atoms with Crippen molar-refractivity contribution >= 4 is 5.97 Å². The molecular formula is C9H16O3. The second-order valence-electron chi connectivity index (χ2n) is 2.62. The van der Waals surface area contributed by atoms with Gasteiger partial charge in [-0.15, -0.1) is 0 Å². The molecule has 0 aliphatic rings. The standard InChI is InChI=1S/C9H16O3/c10-8-6-4-2-1-3-5-7-9(11)12/h1,3,10H,2,4-8H2,(H,11,12)/b3-1-. The molecule has 0 aromatic heterocycles. The van der Waals surface area contributed by atoms with Gasteiger partial charge in [0.25, 0.3) is 0 Å². The van der Waals surface area contributed by atoms with Crippen LogP contribution in [-0.2, 0) is 4.79 Å². The monoisotopic (exact) mass is 172 g/mol. The highest BCUT2D eigenvalue weighted by Gasteiger charge is 1.91. The van der Waals surface area contributed by atoms with Crippen LogP contribution in [0.5, 0.6) is 0 Å². The highest BCUT2D eigenvalue weighted by molar-refractivity contribution is 5.66. The van der Waals surface area contributed by atoms with E-state index < -0.39 is 5.97 Å². The zero-order chi connectivity index (χ0) is 9.23. The summed E-state index contributed by atoms with van der Waals surface area (Å²) in [5, 5.41) is 16.7. The van der Waals surface area contributed by atoms with Crippen LogP contribution in [0.1, 0.15) is 32.1 Å². The lowest BCUT2D eigenvalue weighted by molar-refractivity contribution is -0.136. The summed E-state index contributed by atoms with van der Waals surface area (Å²) in [5.74, 6) is -0.755. The minimum atomic E-state index is -0.755. The number of aliphatic hydroxyl groups is 1. The molecule has 0 spiro atoms. The van der Waals surface area contributed by atoms with Crippen molar-refractivity contribution in [3.05, 3.63) is 12.2 Å². The summed E-state index contributed by atoms with van der Waals surface area (Å²) >= 11 is 0. The second-order valence-corrected chi connectivity index (χ2v) is 2.62. The van der Waals surface area contributed by atoms with Crippen LogP contribution in [0.15, 0.2) is 12.2 Å². The molecule has 0 aliphatic carbocycles. The van der Waals surface area contributed by atoms with E-state index in [1.165, 1.54) is 0 Å². The number of carbonyl (C=O) groups is 1. The van der Waals surface area contributed by atoms with Crippen molar-refractivity contribution in [3.63, 3.8) is 0 Å². The molecule has 0 radical (unpaired) electrons. The first kappa shape index (κ1) is 11.2. The largest absolute Gasteiger partial charge is 0.481 e. The van der Waals surface area contributed by atoms with Gasteiger partial charge in [-0.05, 0) is 25.7 Å². The minimum Gasteiger partial charge on any atom is -0.481 e. The molecule has 70 valence electrons. The summed E-state index contributed by atoms with van der Waals surface area (Å²) in [6.07, 6.45) is 7.39. The molecule has 0 heterocycles. The molecule has 0 bridgehead atoms. The third kappa shape index (κ3) is 9.17. The summed E-state index contributed by atoms with van der Waals surface area (Å²) in [6, 6.07) is 0. The molecule has 0 saturated heterocycles. The average molecular weight is 172 g/mol. The van der Waals surface area contributed by atoms with Crippen molar-refractivity contribution in [2.75, 3.05) is 6.61 Å². The summed E-state index contributed by atoms with van der Waals surface area (Å²) in [5.41, 5.74) is 0. The van der Waals surface area contributed by atoms with Gasteiger partial charge in [0, 0.05) is 13.0 Å². The quantitative estimate of drug-likeness (QED) is 0.452. The van der Waals surface area contributed by atoms with E-state index in [9.17, 15) is 4.79 Å². The average Bonchev–Trinajstić information content (AvgIpc) is 2.02. The lowest BCUT2D eigenvalue weighted by Gasteiger charge is -1.91. The van der Waals surface area contributed by atoms with Crippen molar-refractivity contribution in [2.24, 2.45) is 0 Å². The third-order valence-corrected chi connectivity index (χ3v) is 1.47. The minimum absolute atomic E-state index is 0.205. The molecule has 2 N–H and O–H groups in total. The van der Waals surface area contributed by atoms with Gasteiger partial charge >= 0.3 is 5.97 Å². The Labute approximate surface area is 72.7 Å². The molecule has 0 aromatic rings. The van der Waals surface area contributed by atoms with Gasteiger partial charge in [0.1, 0.15) is 0 Å². The maximum Gasteiger partial charge on any atom is 0.303 e. The lowest BCUT2D eigenvalue weighted by atomic mass is 10.2. The molecule has 0 rings (SSSR count). The fourth-order valence-corrected chi connectivity index (χ4v) is 0.817. The number of carboxylic acids is 1. The molecule has 0 aliphatic heterocycles. The number of allylic oxidation sites excluding steroid dienone is 2. The molecule has 12 heavy (non-hydrogen) atoms. The van der Waals surface area contributed by atoms with Gasteiger partial charge in [-0.25, -0.2) is 0 Å². The number of aliphatic hydroxyl groups excluding tert-OH is 1. The van der Waals surface area contributed by atoms with Crippen LogP contribution in [0.3, 0.4) is 0 Å². The van der Waals surface area contributed by atoms with E-state index in [2.05, 4.69) is 0 Å². The Hall–Kier alpha value is -0.830. The maximum atomic E-state index is 10.1. The molecule has 0 aromatic carbocycles. The number of carboxylic acid groups (broad SMARTS) is 1. The third-order valence-electron chi connectivity index (χ3n) is 1.47. The first-order valence-corrected chi connectivity index (χ1v) is 4.25. The molecular weight excluding hydrogens is 156 g/mol. The van der Waals surface area contributed by atoms with E-state index in [4.69, 9.17) is 10.2 Å². The van der Waals surface area contributed by atoms with Crippen LogP contribution in [0.25, 0.3) is 0 Å². The highest BCUT2D eigenvalue weighted by Crippen LogP contribution is 1.97. The van der Waals surface area contributed by atoms with E-state index >= 15 is 0 Å². The fraction of sp³-hybridized carbons (Fsp3) is 0.667. The number of unbranched alkanes of at least 4 members (excludes halogenated alkanes) is 2. The Kier molecular flexibility index (Phi) is 7.70. The maximum absolute atomic E-state index is 10.1. The summed E-state index contributed by atoms with van der Waals surface area (Å²) < 4.78 is 0. The molecule has 0 saturated carbocycles. The number of hydrogen-bond donors (Lipinski definition) is 2. The van der Waals surface area contributed by atoms with Crippen LogP contribution in [-0.4, -0.2) is 22.8 Å². The highest BCUT2D eigenvalue weighted by atomic mass is 16.4. The Morgan fingerprint density at radius 2 is 1.83 bits per heavy atom. The van der Waals surface area contributed by atoms with E-state index in [0.717, 1.165) is 19.3 Å². The van der Waals surface area contributed by atoms with Crippen molar-refractivity contribution in [3.8, 4) is 0 Å². The van der Waals surface area contributed by atoms with Crippen LogP contribution < -0.4 is 0 Å². The number of aliphatic carboxylic acids is 1. The Bertz CT molecular complexity index is 141. The smallest absolute Gasteiger partial charge is 0.303 e. The van der Waals surface area contributed by atoms with Gasteiger partial charge < -0.3 is 10.2 Å². The molecule has 3 nitrogen and oxygen atoms in total. The van der Waals surface area contributed by atoms with Crippen molar-refractivity contribution in [2.45, 2.75) is 32.1 Å². The van der Waals surface area contributed by atoms with Crippen LogP contribution >= 0.6 is 0 Å². The predicted octanol–water partition coefficient (Wildman–Crippen LogP) is 1.57. The van der Waals surface area contributed by atoms with E-state index in [1.54, 1.807) is 0 Å². The van der Waals surface area contributed by atoms with Gasteiger partial charge in [0.15, 0.2) is 0 Å². The van der Waals surface area contributed by atoms with E-state index in [-0.39, 0.29) is 13.0 Å². The molecule has 0 unspecified atom stereocenters. The zero-order valence-corrected chi connectivity index (χ0v) is 7.20. The number of hydrogen-bond acceptors (Lipinski definition) is 2. The Morgan fingerprint density at radius 3 is 2.42 bits per heavy atom. The molecule has 0 amide bonds. The fourth-order valence-electron chi connectivity index (χ4n) is 0.817. The van der Waals surface area contributed by atoms with Gasteiger partial charge in [0.2, 0.25) is 0 Å². The van der Waals surface area contributed by atoms with Crippen molar-refractivity contribution in [1.82, 2.24) is 0 Å².